The van der Waals surface area contributed by atoms with Gasteiger partial charge in [-0.25, -0.2) is 4.98 Å². The molecule has 0 spiro atoms. The molecule has 0 aliphatic carbocycles. The van der Waals surface area contributed by atoms with Crippen molar-refractivity contribution >= 4 is 22.7 Å². The van der Waals surface area contributed by atoms with Gasteiger partial charge in [0.15, 0.2) is 0 Å². The van der Waals surface area contributed by atoms with Crippen LogP contribution in [-0.2, 0) is 4.74 Å². The molecule has 0 unspecified atom stereocenters. The lowest BCUT2D eigenvalue weighted by Gasteiger charge is -2.08. The normalized spacial score (nSPS) is 11.3. The Kier molecular flexibility index (Phi) is 3.95. The molecule has 3 heteroatoms. The number of hydrogen-bond donors (Lipinski definition) is 0. The molecule has 0 N–H and O–H groups in total. The number of aromatic nitrogens is 1. The summed E-state index contributed by atoms with van der Waals surface area (Å²) in [5.41, 5.74) is 4.97. The maximum atomic E-state index is 5.19. The van der Waals surface area contributed by atoms with E-state index in [4.69, 9.17) is 4.74 Å². The van der Waals surface area contributed by atoms with Gasteiger partial charge in [0.1, 0.15) is 11.5 Å². The van der Waals surface area contributed by atoms with Crippen LogP contribution in [0, 0.1) is 0 Å². The van der Waals surface area contributed by atoms with Crippen LogP contribution < -0.4 is 0 Å². The number of hydrogen-bond acceptors (Lipinski definition) is 3. The van der Waals surface area contributed by atoms with Crippen LogP contribution in [0.5, 0.6) is 0 Å². The van der Waals surface area contributed by atoms with Gasteiger partial charge in [-0.2, -0.15) is 0 Å². The zero-order valence-electron chi connectivity index (χ0n) is 10.5. The number of ether oxygens (including phenoxy) is 1. The third-order valence-electron chi connectivity index (χ3n) is 2.70. The van der Waals surface area contributed by atoms with Crippen LogP contribution in [0.1, 0.15) is 23.1 Å². The predicted octanol–water partition coefficient (Wildman–Crippen LogP) is 4.21. The molecule has 0 aliphatic rings. The largest absolute Gasteiger partial charge is 0.495 e. The van der Waals surface area contributed by atoms with E-state index in [1.807, 2.05) is 30.6 Å². The Morgan fingerprint density at radius 2 is 2.06 bits per heavy atom. The Hall–Kier alpha value is -1.87. The first kappa shape index (κ1) is 12.6. The number of methoxy groups -OCH3 is 1. The summed E-state index contributed by atoms with van der Waals surface area (Å²) in [6.07, 6.45) is 2.09. The van der Waals surface area contributed by atoms with E-state index in [0.29, 0.717) is 5.76 Å². The minimum Gasteiger partial charge on any atom is -0.495 e. The quantitative estimate of drug-likeness (QED) is 0.765. The molecule has 0 saturated heterocycles. The summed E-state index contributed by atoms with van der Waals surface area (Å²) in [5, 5.41) is 0. The van der Waals surface area contributed by atoms with Crippen LogP contribution in [0.2, 0.25) is 0 Å². The SMILES string of the molecule is C=C(OC)c1ncsc1/C(=C\C)c1ccccc1. The van der Waals surface area contributed by atoms with Gasteiger partial charge in [-0.05, 0) is 18.1 Å². The summed E-state index contributed by atoms with van der Waals surface area (Å²) >= 11 is 1.60. The van der Waals surface area contributed by atoms with Crippen LogP contribution in [0.3, 0.4) is 0 Å². The molecular weight excluding hydrogens is 242 g/mol. The Balaban J connectivity index is 2.48. The van der Waals surface area contributed by atoms with Crippen molar-refractivity contribution in [1.82, 2.24) is 4.98 Å². The molecule has 92 valence electrons. The van der Waals surface area contributed by atoms with Gasteiger partial charge >= 0.3 is 0 Å². The Morgan fingerprint density at radius 3 is 2.67 bits per heavy atom. The van der Waals surface area contributed by atoms with Crippen molar-refractivity contribution in [2.45, 2.75) is 6.92 Å². The fourth-order valence-corrected chi connectivity index (χ4v) is 2.68. The van der Waals surface area contributed by atoms with E-state index in [1.165, 1.54) is 5.56 Å². The zero-order chi connectivity index (χ0) is 13.0. The summed E-state index contributed by atoms with van der Waals surface area (Å²) < 4.78 is 5.19. The minimum atomic E-state index is 0.599. The summed E-state index contributed by atoms with van der Waals surface area (Å²) in [6, 6.07) is 10.3. The van der Waals surface area contributed by atoms with Crippen molar-refractivity contribution < 1.29 is 4.74 Å². The lowest BCUT2D eigenvalue weighted by Crippen LogP contribution is -1.93. The smallest absolute Gasteiger partial charge is 0.138 e. The van der Waals surface area contributed by atoms with E-state index < -0.39 is 0 Å². The van der Waals surface area contributed by atoms with E-state index >= 15 is 0 Å². The van der Waals surface area contributed by atoms with Crippen molar-refractivity contribution in [2.24, 2.45) is 0 Å². The second-order valence-corrected chi connectivity index (χ2v) is 4.58. The van der Waals surface area contributed by atoms with E-state index in [2.05, 4.69) is 29.8 Å². The average molecular weight is 257 g/mol. The highest BCUT2D eigenvalue weighted by atomic mass is 32.1. The fourth-order valence-electron chi connectivity index (χ4n) is 1.78. The molecule has 1 heterocycles. The van der Waals surface area contributed by atoms with Crippen molar-refractivity contribution in [2.75, 3.05) is 7.11 Å². The molecule has 0 amide bonds. The van der Waals surface area contributed by atoms with Crippen LogP contribution in [0.25, 0.3) is 11.3 Å². The third-order valence-corrected chi connectivity index (χ3v) is 3.56. The molecule has 2 rings (SSSR count). The Labute approximate surface area is 111 Å². The number of rotatable bonds is 4. The first-order valence-electron chi connectivity index (χ1n) is 5.66. The first-order valence-corrected chi connectivity index (χ1v) is 6.54. The molecule has 0 bridgehead atoms. The minimum absolute atomic E-state index is 0.599. The monoisotopic (exact) mass is 257 g/mol. The molecule has 2 nitrogen and oxygen atoms in total. The summed E-state index contributed by atoms with van der Waals surface area (Å²) in [6.45, 7) is 5.91. The van der Waals surface area contributed by atoms with Gasteiger partial charge < -0.3 is 4.74 Å². The highest BCUT2D eigenvalue weighted by Crippen LogP contribution is 2.32. The van der Waals surface area contributed by atoms with Crippen LogP contribution in [0.15, 0.2) is 48.5 Å². The number of allylic oxidation sites excluding steroid dienone is 1. The number of benzene rings is 1. The standard InChI is InChI=1S/C15H15NOS/c1-4-13(12-8-6-5-7-9-12)15-14(11(2)17-3)16-10-18-15/h4-10H,2H2,1,3H3/b13-4-. The molecule has 0 aliphatic heterocycles. The molecule has 1 aromatic carbocycles. The van der Waals surface area contributed by atoms with Gasteiger partial charge in [-0.1, -0.05) is 43.0 Å². The van der Waals surface area contributed by atoms with E-state index in [1.54, 1.807) is 18.4 Å². The molecular formula is C15H15NOS. The maximum Gasteiger partial charge on any atom is 0.138 e. The van der Waals surface area contributed by atoms with Gasteiger partial charge in [0, 0.05) is 0 Å². The van der Waals surface area contributed by atoms with Crippen LogP contribution in [0.4, 0.5) is 0 Å². The molecule has 2 aromatic rings. The number of thiazole rings is 1. The summed E-state index contributed by atoms with van der Waals surface area (Å²) in [7, 11) is 1.61. The van der Waals surface area contributed by atoms with E-state index in [-0.39, 0.29) is 0 Å². The van der Waals surface area contributed by atoms with E-state index in [9.17, 15) is 0 Å². The maximum absolute atomic E-state index is 5.19. The molecule has 0 radical (unpaired) electrons. The van der Waals surface area contributed by atoms with Crippen molar-refractivity contribution in [3.8, 4) is 0 Å². The third kappa shape index (κ3) is 2.36. The summed E-state index contributed by atoms with van der Waals surface area (Å²) in [4.78, 5) is 5.43. The summed E-state index contributed by atoms with van der Waals surface area (Å²) in [5.74, 6) is 0.599. The zero-order valence-corrected chi connectivity index (χ0v) is 11.3. The first-order chi connectivity index (χ1) is 8.77. The highest BCUT2D eigenvalue weighted by Gasteiger charge is 2.14. The molecule has 18 heavy (non-hydrogen) atoms. The second kappa shape index (κ2) is 5.65. The fraction of sp³-hybridized carbons (Fsp3) is 0.133. The van der Waals surface area contributed by atoms with Crippen LogP contribution >= 0.6 is 11.3 Å². The van der Waals surface area contributed by atoms with E-state index in [0.717, 1.165) is 16.1 Å². The molecule has 0 fully saturated rings. The van der Waals surface area contributed by atoms with Gasteiger partial charge in [-0.3, -0.25) is 0 Å². The lowest BCUT2D eigenvalue weighted by molar-refractivity contribution is 0.370. The topological polar surface area (TPSA) is 22.1 Å². The average Bonchev–Trinajstić information content (AvgIpc) is 2.89. The predicted molar refractivity (Wildman–Crippen MR) is 77.4 cm³/mol. The lowest BCUT2D eigenvalue weighted by atomic mass is 10.0. The Bertz CT molecular complexity index is 569. The molecule has 0 saturated carbocycles. The van der Waals surface area contributed by atoms with Crippen molar-refractivity contribution in [3.63, 3.8) is 0 Å². The van der Waals surface area contributed by atoms with Crippen molar-refractivity contribution in [3.05, 3.63) is 64.6 Å². The Morgan fingerprint density at radius 1 is 1.33 bits per heavy atom. The second-order valence-electron chi connectivity index (χ2n) is 3.73. The molecule has 1 aromatic heterocycles. The number of nitrogens with zero attached hydrogens (tertiary/aromatic N) is 1. The van der Waals surface area contributed by atoms with Gasteiger partial charge in [0.25, 0.3) is 0 Å². The van der Waals surface area contributed by atoms with Gasteiger partial charge in [-0.15, -0.1) is 11.3 Å². The molecule has 0 atom stereocenters. The van der Waals surface area contributed by atoms with Crippen molar-refractivity contribution in [1.29, 1.82) is 0 Å². The van der Waals surface area contributed by atoms with Gasteiger partial charge in [0.05, 0.1) is 17.5 Å². The van der Waals surface area contributed by atoms with Gasteiger partial charge in [0.2, 0.25) is 0 Å². The highest BCUT2D eigenvalue weighted by molar-refractivity contribution is 7.11. The van der Waals surface area contributed by atoms with Crippen LogP contribution in [-0.4, -0.2) is 12.1 Å².